The van der Waals surface area contributed by atoms with E-state index in [1.54, 1.807) is 25.1 Å². The van der Waals surface area contributed by atoms with E-state index in [9.17, 15) is 18.0 Å². The molecule has 0 aliphatic heterocycles. The van der Waals surface area contributed by atoms with Gasteiger partial charge in [-0.3, -0.25) is 0 Å². The molecule has 4 nitrogen and oxygen atoms in total. The van der Waals surface area contributed by atoms with Crippen LogP contribution in [0.1, 0.15) is 12.5 Å². The lowest BCUT2D eigenvalue weighted by Gasteiger charge is -2.13. The van der Waals surface area contributed by atoms with Crippen LogP contribution in [-0.4, -0.2) is 17.2 Å². The lowest BCUT2D eigenvalue weighted by Crippen LogP contribution is -2.08. The van der Waals surface area contributed by atoms with Gasteiger partial charge in [0.15, 0.2) is 0 Å². The number of ether oxygens (including phenoxy) is 2. The largest absolute Gasteiger partial charge is 0.487 e. The molecule has 0 radical (unpaired) electrons. The maximum Gasteiger partial charge on any atom is 0.416 e. The van der Waals surface area contributed by atoms with Crippen LogP contribution in [0, 0.1) is 0 Å². The van der Waals surface area contributed by atoms with Crippen molar-refractivity contribution in [1.82, 2.24) is 0 Å². The van der Waals surface area contributed by atoms with Crippen LogP contribution in [0.15, 0.2) is 54.6 Å². The molecule has 0 bridgehead atoms. The van der Waals surface area contributed by atoms with Crippen molar-refractivity contribution in [2.24, 2.45) is 0 Å². The Bertz CT molecular complexity index is 818. The van der Waals surface area contributed by atoms with Crippen LogP contribution in [0.25, 0.3) is 0 Å². The highest BCUT2D eigenvalue weighted by molar-refractivity contribution is 6.32. The lowest BCUT2D eigenvalue weighted by atomic mass is 10.2. The quantitative estimate of drug-likeness (QED) is 0.660. The van der Waals surface area contributed by atoms with Gasteiger partial charge in [0.2, 0.25) is 0 Å². The van der Waals surface area contributed by atoms with Gasteiger partial charge in [0.25, 0.3) is 0 Å². The van der Waals surface area contributed by atoms with E-state index in [1.165, 1.54) is 12.1 Å². The molecule has 0 saturated carbocycles. The van der Waals surface area contributed by atoms with Gasteiger partial charge >= 0.3 is 12.1 Å². The molecule has 0 aliphatic carbocycles. The number of benzene rings is 2. The SMILES string of the molecule is CC(/C=C/C(=O)O)Oc1cccc(Oc2ccc(C(F)(F)F)cc2Cl)c1. The highest BCUT2D eigenvalue weighted by atomic mass is 35.5. The molecule has 2 aromatic rings. The van der Waals surface area contributed by atoms with Crippen LogP contribution >= 0.6 is 11.6 Å². The van der Waals surface area contributed by atoms with Crippen molar-refractivity contribution in [3.63, 3.8) is 0 Å². The normalized spacial score (nSPS) is 12.8. The lowest BCUT2D eigenvalue weighted by molar-refractivity contribution is -0.137. The second kappa shape index (κ2) is 8.14. The Morgan fingerprint density at radius 3 is 2.50 bits per heavy atom. The highest BCUT2D eigenvalue weighted by Gasteiger charge is 2.31. The fourth-order valence-electron chi connectivity index (χ4n) is 1.97. The standard InChI is InChI=1S/C18H14ClF3O4/c1-11(5-8-17(23)24)25-13-3-2-4-14(10-13)26-16-7-6-12(9-15(16)19)18(20,21)22/h2-11H,1H3,(H,23,24)/b8-5+. The zero-order valence-electron chi connectivity index (χ0n) is 13.5. The van der Waals surface area contributed by atoms with Crippen molar-refractivity contribution in [3.05, 3.63) is 65.2 Å². The maximum absolute atomic E-state index is 12.7. The Kier molecular flexibility index (Phi) is 6.15. The van der Waals surface area contributed by atoms with E-state index >= 15 is 0 Å². The number of rotatable bonds is 6. The Labute approximate surface area is 152 Å². The zero-order valence-corrected chi connectivity index (χ0v) is 14.2. The van der Waals surface area contributed by atoms with Crippen LogP contribution in [0.4, 0.5) is 13.2 Å². The fraction of sp³-hybridized carbons (Fsp3) is 0.167. The minimum Gasteiger partial charge on any atom is -0.487 e. The molecule has 0 aliphatic rings. The van der Waals surface area contributed by atoms with Gasteiger partial charge in [0.1, 0.15) is 23.4 Å². The number of alkyl halides is 3. The summed E-state index contributed by atoms with van der Waals surface area (Å²) < 4.78 is 49.0. The second-order valence-corrected chi connectivity index (χ2v) is 5.65. The molecule has 1 N–H and O–H groups in total. The molecule has 8 heteroatoms. The molecule has 2 aromatic carbocycles. The van der Waals surface area contributed by atoms with Gasteiger partial charge < -0.3 is 14.6 Å². The highest BCUT2D eigenvalue weighted by Crippen LogP contribution is 2.36. The van der Waals surface area contributed by atoms with Gasteiger partial charge in [-0.2, -0.15) is 13.2 Å². The number of hydrogen-bond donors (Lipinski definition) is 1. The summed E-state index contributed by atoms with van der Waals surface area (Å²) >= 11 is 5.86. The molecule has 2 rings (SSSR count). The average molecular weight is 387 g/mol. The van der Waals surface area contributed by atoms with E-state index in [1.807, 2.05) is 0 Å². The predicted octanol–water partition coefficient (Wildman–Crippen LogP) is 5.56. The van der Waals surface area contributed by atoms with Crippen LogP contribution in [0.3, 0.4) is 0 Å². The third kappa shape index (κ3) is 5.70. The van der Waals surface area contributed by atoms with E-state index in [0.717, 1.165) is 24.3 Å². The summed E-state index contributed by atoms with van der Waals surface area (Å²) in [5, 5.41) is 8.41. The Morgan fingerprint density at radius 2 is 1.88 bits per heavy atom. The number of aliphatic carboxylic acids is 1. The molecule has 0 fully saturated rings. The topological polar surface area (TPSA) is 55.8 Å². The van der Waals surface area contributed by atoms with Crippen molar-refractivity contribution in [3.8, 4) is 17.2 Å². The second-order valence-electron chi connectivity index (χ2n) is 5.24. The molecule has 0 amide bonds. The summed E-state index contributed by atoms with van der Waals surface area (Å²) in [6.07, 6.45) is -2.67. The molecule has 1 unspecified atom stereocenters. The smallest absolute Gasteiger partial charge is 0.416 e. The molecular formula is C18H14ClF3O4. The fourth-order valence-corrected chi connectivity index (χ4v) is 2.19. The third-order valence-electron chi connectivity index (χ3n) is 3.12. The Balaban J connectivity index is 2.12. The van der Waals surface area contributed by atoms with Gasteiger partial charge in [0.05, 0.1) is 10.6 Å². The van der Waals surface area contributed by atoms with Crippen molar-refractivity contribution >= 4 is 17.6 Å². The monoisotopic (exact) mass is 386 g/mol. The van der Waals surface area contributed by atoms with Gasteiger partial charge in [-0.05, 0) is 43.3 Å². The van der Waals surface area contributed by atoms with E-state index in [-0.39, 0.29) is 10.8 Å². The molecule has 0 heterocycles. The number of carboxylic acids is 1. The van der Waals surface area contributed by atoms with Crippen molar-refractivity contribution in [2.45, 2.75) is 19.2 Å². The minimum absolute atomic E-state index is 0.0654. The van der Waals surface area contributed by atoms with Gasteiger partial charge in [0, 0.05) is 12.1 Å². The van der Waals surface area contributed by atoms with Crippen molar-refractivity contribution in [2.75, 3.05) is 0 Å². The first-order valence-corrected chi connectivity index (χ1v) is 7.75. The first-order valence-electron chi connectivity index (χ1n) is 7.37. The Hall–Kier alpha value is -2.67. The summed E-state index contributed by atoms with van der Waals surface area (Å²) in [5.74, 6) is -0.322. The van der Waals surface area contributed by atoms with E-state index in [2.05, 4.69) is 0 Å². The number of halogens is 4. The number of carboxylic acid groups (broad SMARTS) is 1. The van der Waals surface area contributed by atoms with E-state index in [4.69, 9.17) is 26.2 Å². The van der Waals surface area contributed by atoms with E-state index in [0.29, 0.717) is 11.5 Å². The number of hydrogen-bond acceptors (Lipinski definition) is 3. The van der Waals surface area contributed by atoms with Crippen molar-refractivity contribution < 1.29 is 32.5 Å². The third-order valence-corrected chi connectivity index (χ3v) is 3.42. The van der Waals surface area contributed by atoms with Crippen LogP contribution in [0.2, 0.25) is 5.02 Å². The number of carbonyl (C=O) groups is 1. The summed E-state index contributed by atoms with van der Waals surface area (Å²) in [7, 11) is 0. The molecular weight excluding hydrogens is 373 g/mol. The molecule has 0 spiro atoms. The molecule has 0 saturated heterocycles. The summed E-state index contributed by atoms with van der Waals surface area (Å²) in [5.41, 5.74) is -0.869. The van der Waals surface area contributed by atoms with Gasteiger partial charge in [-0.1, -0.05) is 17.7 Å². The summed E-state index contributed by atoms with van der Waals surface area (Å²) in [6.45, 7) is 1.65. The van der Waals surface area contributed by atoms with Crippen molar-refractivity contribution in [1.29, 1.82) is 0 Å². The van der Waals surface area contributed by atoms with Gasteiger partial charge in [-0.15, -0.1) is 0 Å². The average Bonchev–Trinajstić information content (AvgIpc) is 2.54. The maximum atomic E-state index is 12.7. The van der Waals surface area contributed by atoms with E-state index < -0.39 is 23.8 Å². The first kappa shape index (κ1) is 19.7. The van der Waals surface area contributed by atoms with Crippen LogP contribution in [0.5, 0.6) is 17.2 Å². The molecule has 26 heavy (non-hydrogen) atoms. The summed E-state index contributed by atoms with van der Waals surface area (Å²) in [4.78, 5) is 10.5. The summed E-state index contributed by atoms with van der Waals surface area (Å²) in [6, 6.07) is 9.15. The predicted molar refractivity (Wildman–Crippen MR) is 89.8 cm³/mol. The van der Waals surface area contributed by atoms with Crippen LogP contribution in [-0.2, 0) is 11.0 Å². The van der Waals surface area contributed by atoms with Gasteiger partial charge in [-0.25, -0.2) is 4.79 Å². The minimum atomic E-state index is -4.49. The molecule has 1 atom stereocenters. The Morgan fingerprint density at radius 1 is 1.19 bits per heavy atom. The first-order chi connectivity index (χ1) is 12.1. The van der Waals surface area contributed by atoms with Crippen LogP contribution < -0.4 is 9.47 Å². The molecule has 0 aromatic heterocycles. The zero-order chi connectivity index (χ0) is 19.3. The molecule has 138 valence electrons.